The number of hydrogen-bond donors (Lipinski definition) is 2. The summed E-state index contributed by atoms with van der Waals surface area (Å²) in [6.07, 6.45) is 1.19. The van der Waals surface area contributed by atoms with Crippen molar-refractivity contribution in [1.82, 2.24) is 5.32 Å². The van der Waals surface area contributed by atoms with E-state index in [-0.39, 0.29) is 6.54 Å². The molecule has 0 aliphatic heterocycles. The fourth-order valence-corrected chi connectivity index (χ4v) is 0.488. The molecule has 0 aliphatic rings. The number of carbonyl (C=O) groups is 1. The predicted molar refractivity (Wildman–Crippen MR) is 35.4 cm³/mol. The van der Waals surface area contributed by atoms with E-state index in [0.717, 1.165) is 0 Å². The summed E-state index contributed by atoms with van der Waals surface area (Å²) in [5.41, 5.74) is 0. The van der Waals surface area contributed by atoms with Crippen LogP contribution in [0.25, 0.3) is 0 Å². The topological polar surface area (TPSA) is 73.1 Å². The van der Waals surface area contributed by atoms with E-state index < -0.39 is 5.97 Å². The van der Waals surface area contributed by atoms with E-state index in [1.165, 1.54) is 0 Å². The largest absolute Gasteiger partial charge is 0.480 e. The van der Waals surface area contributed by atoms with Crippen LogP contribution >= 0.6 is 0 Å². The highest BCUT2D eigenvalue weighted by Crippen LogP contribution is 1.81. The SMILES string of the molecule is N#CCCCNCC(=O)O. The summed E-state index contributed by atoms with van der Waals surface area (Å²) in [4.78, 5) is 9.90. The van der Waals surface area contributed by atoms with Crippen LogP contribution in [-0.2, 0) is 4.79 Å². The molecule has 10 heavy (non-hydrogen) atoms. The van der Waals surface area contributed by atoms with E-state index >= 15 is 0 Å². The van der Waals surface area contributed by atoms with Gasteiger partial charge in [0.25, 0.3) is 0 Å². The summed E-state index contributed by atoms with van der Waals surface area (Å²) in [6, 6.07) is 1.97. The van der Waals surface area contributed by atoms with Crippen molar-refractivity contribution >= 4 is 5.97 Å². The Morgan fingerprint density at radius 3 is 2.90 bits per heavy atom. The molecule has 4 nitrogen and oxygen atoms in total. The van der Waals surface area contributed by atoms with Crippen LogP contribution in [0.4, 0.5) is 0 Å². The molecule has 0 amide bonds. The first-order valence-corrected chi connectivity index (χ1v) is 3.07. The van der Waals surface area contributed by atoms with Crippen molar-refractivity contribution in [3.05, 3.63) is 0 Å². The van der Waals surface area contributed by atoms with Gasteiger partial charge in [-0.3, -0.25) is 4.79 Å². The number of nitriles is 1. The Kier molecular flexibility index (Phi) is 5.39. The number of hydrogen-bond acceptors (Lipinski definition) is 3. The maximum atomic E-state index is 9.90. The normalized spacial score (nSPS) is 8.70. The van der Waals surface area contributed by atoms with Crippen molar-refractivity contribution in [3.8, 4) is 6.07 Å². The number of aliphatic carboxylic acids is 1. The minimum absolute atomic E-state index is 0.0224. The summed E-state index contributed by atoms with van der Waals surface area (Å²) < 4.78 is 0. The van der Waals surface area contributed by atoms with Gasteiger partial charge in [0.15, 0.2) is 0 Å². The molecule has 0 radical (unpaired) electrons. The molecule has 0 bridgehead atoms. The van der Waals surface area contributed by atoms with Gasteiger partial charge < -0.3 is 10.4 Å². The summed E-state index contributed by atoms with van der Waals surface area (Å²) in [7, 11) is 0. The third-order valence-electron chi connectivity index (χ3n) is 0.918. The minimum atomic E-state index is -0.864. The zero-order chi connectivity index (χ0) is 7.82. The fourth-order valence-electron chi connectivity index (χ4n) is 0.488. The molecule has 2 N–H and O–H groups in total. The third-order valence-corrected chi connectivity index (χ3v) is 0.918. The monoisotopic (exact) mass is 142 g/mol. The molecule has 0 rings (SSSR count). The second-order valence-corrected chi connectivity index (χ2v) is 1.83. The van der Waals surface area contributed by atoms with E-state index in [4.69, 9.17) is 10.4 Å². The van der Waals surface area contributed by atoms with Gasteiger partial charge in [0, 0.05) is 6.42 Å². The first kappa shape index (κ1) is 8.92. The molecule has 56 valence electrons. The van der Waals surface area contributed by atoms with Gasteiger partial charge in [0.05, 0.1) is 12.6 Å². The van der Waals surface area contributed by atoms with Crippen molar-refractivity contribution in [2.75, 3.05) is 13.1 Å². The van der Waals surface area contributed by atoms with Crippen LogP contribution in [0.3, 0.4) is 0 Å². The number of unbranched alkanes of at least 4 members (excludes halogenated alkanes) is 1. The smallest absolute Gasteiger partial charge is 0.317 e. The van der Waals surface area contributed by atoms with Crippen LogP contribution in [0.5, 0.6) is 0 Å². The minimum Gasteiger partial charge on any atom is -0.480 e. The molecule has 0 aliphatic carbocycles. The lowest BCUT2D eigenvalue weighted by Gasteiger charge is -1.96. The molecular weight excluding hydrogens is 132 g/mol. The summed E-state index contributed by atoms with van der Waals surface area (Å²) in [5.74, 6) is -0.864. The van der Waals surface area contributed by atoms with Gasteiger partial charge in [-0.25, -0.2) is 0 Å². The van der Waals surface area contributed by atoms with E-state index in [0.29, 0.717) is 19.4 Å². The number of carboxylic acid groups (broad SMARTS) is 1. The maximum absolute atomic E-state index is 9.90. The summed E-state index contributed by atoms with van der Waals surface area (Å²) in [5, 5.41) is 18.9. The van der Waals surface area contributed by atoms with Gasteiger partial charge in [-0.05, 0) is 13.0 Å². The molecule has 0 aromatic carbocycles. The molecule has 0 saturated carbocycles. The number of carboxylic acids is 1. The van der Waals surface area contributed by atoms with Crippen LogP contribution in [0, 0.1) is 11.3 Å². The molecule has 0 saturated heterocycles. The third kappa shape index (κ3) is 6.92. The first-order chi connectivity index (χ1) is 4.77. The quantitative estimate of drug-likeness (QED) is 0.528. The Morgan fingerprint density at radius 1 is 1.70 bits per heavy atom. The number of nitrogens with zero attached hydrogens (tertiary/aromatic N) is 1. The van der Waals surface area contributed by atoms with Crippen molar-refractivity contribution < 1.29 is 9.90 Å². The molecule has 0 aromatic heterocycles. The first-order valence-electron chi connectivity index (χ1n) is 3.07. The molecule has 0 fully saturated rings. The van der Waals surface area contributed by atoms with Crippen molar-refractivity contribution in [3.63, 3.8) is 0 Å². The summed E-state index contributed by atoms with van der Waals surface area (Å²) in [6.45, 7) is 0.575. The zero-order valence-corrected chi connectivity index (χ0v) is 5.63. The van der Waals surface area contributed by atoms with Crippen LogP contribution in [0.1, 0.15) is 12.8 Å². The Morgan fingerprint density at radius 2 is 2.40 bits per heavy atom. The molecule has 0 heterocycles. The van der Waals surface area contributed by atoms with Crippen LogP contribution in [-0.4, -0.2) is 24.2 Å². The Labute approximate surface area is 59.5 Å². The molecule has 0 spiro atoms. The van der Waals surface area contributed by atoms with E-state index in [9.17, 15) is 4.79 Å². The van der Waals surface area contributed by atoms with Crippen LogP contribution < -0.4 is 5.32 Å². The zero-order valence-electron chi connectivity index (χ0n) is 5.63. The predicted octanol–water partition coefficient (Wildman–Crippen LogP) is -0.0356. The van der Waals surface area contributed by atoms with Crippen molar-refractivity contribution in [2.24, 2.45) is 0 Å². The molecule has 4 heteroatoms. The molecule has 0 atom stereocenters. The van der Waals surface area contributed by atoms with Crippen molar-refractivity contribution in [1.29, 1.82) is 5.26 Å². The van der Waals surface area contributed by atoms with Gasteiger partial charge >= 0.3 is 5.97 Å². The van der Waals surface area contributed by atoms with Gasteiger partial charge in [-0.1, -0.05) is 0 Å². The Bertz CT molecular complexity index is 139. The molecule has 0 aromatic rings. The standard InChI is InChI=1S/C6H10N2O2/c7-3-1-2-4-8-5-6(9)10/h8H,1-2,4-5H2,(H,9,10). The average molecular weight is 142 g/mol. The lowest BCUT2D eigenvalue weighted by Crippen LogP contribution is -2.23. The summed E-state index contributed by atoms with van der Waals surface area (Å²) >= 11 is 0. The molecular formula is C6H10N2O2. The maximum Gasteiger partial charge on any atom is 0.317 e. The molecule has 0 unspecified atom stereocenters. The lowest BCUT2D eigenvalue weighted by molar-refractivity contribution is -0.135. The second-order valence-electron chi connectivity index (χ2n) is 1.83. The average Bonchev–Trinajstić information content (AvgIpc) is 1.87. The van der Waals surface area contributed by atoms with Gasteiger partial charge in [0.1, 0.15) is 0 Å². The Hall–Kier alpha value is -1.08. The Balaban J connectivity index is 2.92. The second kappa shape index (κ2) is 6.05. The van der Waals surface area contributed by atoms with Gasteiger partial charge in [0.2, 0.25) is 0 Å². The number of nitrogens with one attached hydrogen (secondary N) is 1. The highest BCUT2D eigenvalue weighted by atomic mass is 16.4. The number of rotatable bonds is 5. The van der Waals surface area contributed by atoms with Gasteiger partial charge in [-0.2, -0.15) is 5.26 Å². The fraction of sp³-hybridized carbons (Fsp3) is 0.667. The van der Waals surface area contributed by atoms with Crippen LogP contribution in [0.2, 0.25) is 0 Å². The van der Waals surface area contributed by atoms with Crippen LogP contribution in [0.15, 0.2) is 0 Å². The van der Waals surface area contributed by atoms with Gasteiger partial charge in [-0.15, -0.1) is 0 Å². The lowest BCUT2D eigenvalue weighted by atomic mass is 10.3. The highest BCUT2D eigenvalue weighted by Gasteiger charge is 1.92. The van der Waals surface area contributed by atoms with Crippen molar-refractivity contribution in [2.45, 2.75) is 12.8 Å². The van der Waals surface area contributed by atoms with E-state index in [1.54, 1.807) is 0 Å². The highest BCUT2D eigenvalue weighted by molar-refractivity contribution is 5.68. The van der Waals surface area contributed by atoms with E-state index in [1.807, 2.05) is 6.07 Å². The van der Waals surface area contributed by atoms with E-state index in [2.05, 4.69) is 5.32 Å².